The highest BCUT2D eigenvalue weighted by Gasteiger charge is 2.38. The molecule has 1 saturated heterocycles. The molecule has 0 radical (unpaired) electrons. The van der Waals surface area contributed by atoms with Crippen molar-refractivity contribution in [1.29, 1.82) is 0 Å². The second kappa shape index (κ2) is 10.0. The Morgan fingerprint density at radius 1 is 1.14 bits per heavy atom. The maximum atomic E-state index is 13.1. The Hall–Kier alpha value is -2.94. The summed E-state index contributed by atoms with van der Waals surface area (Å²) in [6.45, 7) is 3.32. The summed E-state index contributed by atoms with van der Waals surface area (Å²) in [4.78, 5) is 50.2. The molecule has 1 aromatic carbocycles. The summed E-state index contributed by atoms with van der Waals surface area (Å²) in [6.07, 6.45) is 1.19. The third-order valence-corrected chi connectivity index (χ3v) is 4.88. The smallest absolute Gasteiger partial charge is 0.326 e. The Morgan fingerprint density at radius 3 is 2.38 bits per heavy atom. The van der Waals surface area contributed by atoms with Crippen LogP contribution in [0.2, 0.25) is 0 Å². The number of aliphatic carboxylic acids is 1. The summed E-state index contributed by atoms with van der Waals surface area (Å²) in [5, 5.41) is 14.5. The number of benzene rings is 1. The standard InChI is InChI=1S/C20H28N4O5/c1-12(21)17(25)22-13(2)18(26)23-15(11-14-7-4-3-5-8-14)19(27)24-10-6-9-16(24)20(28)29/h3-5,7-8,12-13,15-16H,6,9-11,21H2,1-2H3,(H,22,25)(H,23,26)(H,28,29). The van der Waals surface area contributed by atoms with Crippen molar-refractivity contribution in [2.75, 3.05) is 6.54 Å². The number of carboxylic acid groups (broad SMARTS) is 1. The van der Waals surface area contributed by atoms with Gasteiger partial charge in [0.05, 0.1) is 6.04 Å². The van der Waals surface area contributed by atoms with Gasteiger partial charge in [-0.05, 0) is 32.3 Å². The number of carbonyl (C=O) groups excluding carboxylic acids is 3. The minimum atomic E-state index is -1.06. The van der Waals surface area contributed by atoms with Gasteiger partial charge >= 0.3 is 5.97 Å². The van der Waals surface area contributed by atoms with E-state index in [1.807, 2.05) is 30.3 Å². The highest BCUT2D eigenvalue weighted by Crippen LogP contribution is 2.19. The molecule has 1 fully saturated rings. The zero-order valence-corrected chi connectivity index (χ0v) is 16.6. The summed E-state index contributed by atoms with van der Waals surface area (Å²) in [6, 6.07) is 5.62. The highest BCUT2D eigenvalue weighted by molar-refractivity contribution is 5.94. The van der Waals surface area contributed by atoms with E-state index in [-0.39, 0.29) is 6.42 Å². The van der Waals surface area contributed by atoms with Crippen LogP contribution in [0.1, 0.15) is 32.3 Å². The molecular formula is C20H28N4O5. The van der Waals surface area contributed by atoms with E-state index in [1.54, 1.807) is 0 Å². The predicted molar refractivity (Wildman–Crippen MR) is 106 cm³/mol. The van der Waals surface area contributed by atoms with Crippen molar-refractivity contribution in [1.82, 2.24) is 15.5 Å². The Morgan fingerprint density at radius 2 is 1.79 bits per heavy atom. The summed E-state index contributed by atoms with van der Waals surface area (Å²) in [5.41, 5.74) is 6.33. The molecule has 0 aromatic heterocycles. The number of nitrogens with one attached hydrogen (secondary N) is 2. The molecule has 1 aliphatic heterocycles. The molecule has 9 nitrogen and oxygen atoms in total. The number of amides is 3. The van der Waals surface area contributed by atoms with Crippen LogP contribution in [0.4, 0.5) is 0 Å². The Balaban J connectivity index is 2.16. The van der Waals surface area contributed by atoms with E-state index >= 15 is 0 Å². The zero-order chi connectivity index (χ0) is 21.6. The van der Waals surface area contributed by atoms with Gasteiger partial charge in [0, 0.05) is 13.0 Å². The van der Waals surface area contributed by atoms with Crippen molar-refractivity contribution in [2.45, 2.75) is 57.3 Å². The molecule has 1 aliphatic rings. The van der Waals surface area contributed by atoms with Gasteiger partial charge in [0.25, 0.3) is 0 Å². The first-order valence-corrected chi connectivity index (χ1v) is 9.64. The lowest BCUT2D eigenvalue weighted by Crippen LogP contribution is -2.56. The fourth-order valence-electron chi connectivity index (χ4n) is 3.24. The highest BCUT2D eigenvalue weighted by atomic mass is 16.4. The summed E-state index contributed by atoms with van der Waals surface area (Å²) in [5.74, 6) is -2.53. The monoisotopic (exact) mass is 404 g/mol. The van der Waals surface area contributed by atoms with E-state index < -0.39 is 47.9 Å². The van der Waals surface area contributed by atoms with Crippen LogP contribution in [0.15, 0.2) is 30.3 Å². The lowest BCUT2D eigenvalue weighted by molar-refractivity contribution is -0.149. The Kier molecular flexibility index (Phi) is 7.72. The van der Waals surface area contributed by atoms with Crippen LogP contribution < -0.4 is 16.4 Å². The van der Waals surface area contributed by atoms with Crippen molar-refractivity contribution in [3.63, 3.8) is 0 Å². The quantitative estimate of drug-likeness (QED) is 0.466. The van der Waals surface area contributed by atoms with Gasteiger partial charge in [-0.1, -0.05) is 30.3 Å². The van der Waals surface area contributed by atoms with Gasteiger partial charge in [-0.3, -0.25) is 14.4 Å². The van der Waals surface area contributed by atoms with Crippen LogP contribution in [0.3, 0.4) is 0 Å². The molecular weight excluding hydrogens is 376 g/mol. The molecule has 4 unspecified atom stereocenters. The first-order valence-electron chi connectivity index (χ1n) is 9.64. The van der Waals surface area contributed by atoms with E-state index in [0.29, 0.717) is 19.4 Å². The SMILES string of the molecule is CC(N)C(=O)NC(C)C(=O)NC(Cc1ccccc1)C(=O)N1CCCC1C(=O)O. The Labute approximate surface area is 169 Å². The maximum Gasteiger partial charge on any atom is 0.326 e. The number of hydrogen-bond acceptors (Lipinski definition) is 5. The molecule has 4 atom stereocenters. The third-order valence-electron chi connectivity index (χ3n) is 4.88. The van der Waals surface area contributed by atoms with Crippen LogP contribution >= 0.6 is 0 Å². The maximum absolute atomic E-state index is 13.1. The third kappa shape index (κ3) is 6.02. The van der Waals surface area contributed by atoms with Crippen LogP contribution in [0, 0.1) is 0 Å². The van der Waals surface area contributed by atoms with Gasteiger partial charge in [-0.2, -0.15) is 0 Å². The molecule has 9 heteroatoms. The van der Waals surface area contributed by atoms with Crippen LogP contribution in [-0.4, -0.2) is 64.4 Å². The van der Waals surface area contributed by atoms with Gasteiger partial charge in [0.1, 0.15) is 18.1 Å². The molecule has 0 saturated carbocycles. The van der Waals surface area contributed by atoms with Gasteiger partial charge in [0.15, 0.2) is 0 Å². The number of carbonyl (C=O) groups is 4. The van der Waals surface area contributed by atoms with Crippen LogP contribution in [0.5, 0.6) is 0 Å². The number of nitrogens with two attached hydrogens (primary N) is 1. The molecule has 0 aliphatic carbocycles. The average molecular weight is 404 g/mol. The molecule has 5 N–H and O–H groups in total. The lowest BCUT2D eigenvalue weighted by Gasteiger charge is -2.28. The van der Waals surface area contributed by atoms with Gasteiger partial charge < -0.3 is 26.4 Å². The molecule has 0 bridgehead atoms. The lowest BCUT2D eigenvalue weighted by atomic mass is 10.0. The molecule has 1 heterocycles. The first kappa shape index (κ1) is 22.4. The fraction of sp³-hybridized carbons (Fsp3) is 0.500. The number of hydrogen-bond donors (Lipinski definition) is 4. The van der Waals surface area contributed by atoms with Gasteiger partial charge in [0.2, 0.25) is 17.7 Å². The minimum Gasteiger partial charge on any atom is -0.480 e. The van der Waals surface area contributed by atoms with Crippen molar-refractivity contribution in [2.24, 2.45) is 5.73 Å². The molecule has 3 amide bonds. The average Bonchev–Trinajstić information content (AvgIpc) is 3.17. The van der Waals surface area contributed by atoms with E-state index in [4.69, 9.17) is 5.73 Å². The summed E-state index contributed by atoms with van der Waals surface area (Å²) >= 11 is 0. The predicted octanol–water partition coefficient (Wildman–Crippen LogP) is -0.359. The van der Waals surface area contributed by atoms with E-state index in [2.05, 4.69) is 10.6 Å². The van der Waals surface area contributed by atoms with Crippen LogP contribution in [0.25, 0.3) is 0 Å². The molecule has 1 aromatic rings. The number of likely N-dealkylation sites (tertiary alicyclic amines) is 1. The van der Waals surface area contributed by atoms with Gasteiger partial charge in [-0.25, -0.2) is 4.79 Å². The topological polar surface area (TPSA) is 142 Å². The van der Waals surface area contributed by atoms with Crippen molar-refractivity contribution >= 4 is 23.7 Å². The zero-order valence-electron chi connectivity index (χ0n) is 16.6. The summed E-state index contributed by atoms with van der Waals surface area (Å²) in [7, 11) is 0. The van der Waals surface area contributed by atoms with E-state index in [1.165, 1.54) is 18.7 Å². The molecule has 2 rings (SSSR count). The van der Waals surface area contributed by atoms with Crippen molar-refractivity contribution in [3.05, 3.63) is 35.9 Å². The Bertz CT molecular complexity index is 752. The largest absolute Gasteiger partial charge is 0.480 e. The second-order valence-corrected chi connectivity index (χ2v) is 7.30. The second-order valence-electron chi connectivity index (χ2n) is 7.30. The minimum absolute atomic E-state index is 0.211. The number of nitrogens with zero attached hydrogens (tertiary/aromatic N) is 1. The van der Waals surface area contributed by atoms with Crippen LogP contribution in [-0.2, 0) is 25.6 Å². The number of rotatable bonds is 8. The first-order chi connectivity index (χ1) is 13.7. The summed E-state index contributed by atoms with van der Waals surface area (Å²) < 4.78 is 0. The normalized spacial score (nSPS) is 19.1. The fourth-order valence-corrected chi connectivity index (χ4v) is 3.24. The van der Waals surface area contributed by atoms with E-state index in [9.17, 15) is 24.3 Å². The van der Waals surface area contributed by atoms with Gasteiger partial charge in [-0.15, -0.1) is 0 Å². The molecule has 0 spiro atoms. The van der Waals surface area contributed by atoms with E-state index in [0.717, 1.165) is 5.56 Å². The van der Waals surface area contributed by atoms with Crippen molar-refractivity contribution < 1.29 is 24.3 Å². The number of carboxylic acids is 1. The molecule has 158 valence electrons. The van der Waals surface area contributed by atoms with Crippen molar-refractivity contribution in [3.8, 4) is 0 Å². The molecule has 29 heavy (non-hydrogen) atoms.